The predicted molar refractivity (Wildman–Crippen MR) is 140 cm³/mol. The molecule has 0 amide bonds. The first-order chi connectivity index (χ1) is 16.3. The number of imidazole rings is 1. The van der Waals surface area contributed by atoms with Crippen LogP contribution >= 0.6 is 11.6 Å². The van der Waals surface area contributed by atoms with Gasteiger partial charge in [-0.25, -0.2) is 4.98 Å². The normalized spacial score (nSPS) is 11.7. The zero-order valence-electron chi connectivity index (χ0n) is 19.4. The molecule has 5 aromatic rings. The summed E-state index contributed by atoms with van der Waals surface area (Å²) in [4.78, 5) is 16.3. The SMILES string of the molecule is Cc1cccc(-c2cc(=O)n(C)c3ccc([C@H](N)c4ccc(Cl)cc4)cc23)c1.Cn1ccnc1. The fourth-order valence-electron chi connectivity index (χ4n) is 3.91. The van der Waals surface area contributed by atoms with Crippen LogP contribution in [-0.2, 0) is 14.1 Å². The summed E-state index contributed by atoms with van der Waals surface area (Å²) in [6.45, 7) is 2.05. The Kier molecular flexibility index (Phi) is 6.96. The Hall–Kier alpha value is -3.67. The Morgan fingerprint density at radius 2 is 1.68 bits per heavy atom. The molecule has 0 unspecified atom stereocenters. The standard InChI is InChI=1S/C24H21ClN2O.C4H6N2/c1-15-4-3-5-17(12-15)20-14-23(28)27(2)22-11-8-18(13-21(20)22)24(26)16-6-9-19(25)10-7-16;1-6-3-2-5-4-6/h3-14,24H,26H2,1-2H3;2-4H,1H3/t24-;/m1./s1. The fourth-order valence-corrected chi connectivity index (χ4v) is 4.04. The van der Waals surface area contributed by atoms with Gasteiger partial charge >= 0.3 is 0 Å². The molecule has 0 aliphatic rings. The van der Waals surface area contributed by atoms with Crippen molar-refractivity contribution in [2.24, 2.45) is 19.8 Å². The molecule has 0 fully saturated rings. The summed E-state index contributed by atoms with van der Waals surface area (Å²) in [5.74, 6) is 0. The van der Waals surface area contributed by atoms with E-state index in [0.717, 1.165) is 38.7 Å². The van der Waals surface area contributed by atoms with E-state index in [1.54, 1.807) is 30.2 Å². The van der Waals surface area contributed by atoms with Crippen LogP contribution in [0.5, 0.6) is 0 Å². The van der Waals surface area contributed by atoms with E-state index in [4.69, 9.17) is 17.3 Å². The quantitative estimate of drug-likeness (QED) is 0.371. The fraction of sp³-hybridized carbons (Fsp3) is 0.143. The molecule has 0 aliphatic carbocycles. The lowest BCUT2D eigenvalue weighted by Gasteiger charge is -2.16. The lowest BCUT2D eigenvalue weighted by atomic mass is 9.94. The summed E-state index contributed by atoms with van der Waals surface area (Å²) in [5, 5.41) is 1.70. The monoisotopic (exact) mass is 470 g/mol. The molecule has 0 saturated carbocycles. The summed E-state index contributed by atoms with van der Waals surface area (Å²) < 4.78 is 3.56. The predicted octanol–water partition coefficient (Wildman–Crippen LogP) is 5.64. The van der Waals surface area contributed by atoms with Crippen molar-refractivity contribution in [2.75, 3.05) is 0 Å². The van der Waals surface area contributed by atoms with Crippen molar-refractivity contribution in [1.29, 1.82) is 0 Å². The van der Waals surface area contributed by atoms with Gasteiger partial charge < -0.3 is 14.9 Å². The molecular formula is C28H27ClN4O. The summed E-state index contributed by atoms with van der Waals surface area (Å²) in [6.07, 6.45) is 5.39. The number of rotatable bonds is 3. The summed E-state index contributed by atoms with van der Waals surface area (Å²) in [6, 6.07) is 23.3. The molecule has 6 heteroatoms. The molecule has 1 atom stereocenters. The number of fused-ring (bicyclic) bond motifs is 1. The Morgan fingerprint density at radius 3 is 2.29 bits per heavy atom. The molecular weight excluding hydrogens is 444 g/mol. The van der Waals surface area contributed by atoms with Crippen LogP contribution in [0.25, 0.3) is 22.0 Å². The van der Waals surface area contributed by atoms with Gasteiger partial charge in [-0.2, -0.15) is 0 Å². The highest BCUT2D eigenvalue weighted by atomic mass is 35.5. The molecule has 0 radical (unpaired) electrons. The number of benzene rings is 3. The maximum atomic E-state index is 12.5. The van der Waals surface area contributed by atoms with Crippen LogP contribution in [0.2, 0.25) is 5.02 Å². The first kappa shape index (κ1) is 23.5. The number of nitrogens with zero attached hydrogens (tertiary/aromatic N) is 3. The van der Waals surface area contributed by atoms with E-state index in [0.29, 0.717) is 5.02 Å². The molecule has 0 aliphatic heterocycles. The molecule has 0 spiro atoms. The van der Waals surface area contributed by atoms with Gasteiger partial charge in [0, 0.05) is 43.0 Å². The molecule has 3 aromatic carbocycles. The second-order valence-electron chi connectivity index (χ2n) is 8.36. The number of nitrogens with two attached hydrogens (primary N) is 1. The third-order valence-corrected chi connectivity index (χ3v) is 6.08. The summed E-state index contributed by atoms with van der Waals surface area (Å²) in [5.41, 5.74) is 12.5. The van der Waals surface area contributed by atoms with Crippen LogP contribution in [0, 0.1) is 6.92 Å². The van der Waals surface area contributed by atoms with Gasteiger partial charge in [0.1, 0.15) is 0 Å². The number of aromatic nitrogens is 3. The molecule has 0 saturated heterocycles. The van der Waals surface area contributed by atoms with Gasteiger partial charge in [-0.15, -0.1) is 0 Å². The van der Waals surface area contributed by atoms with Crippen molar-refractivity contribution in [3.05, 3.63) is 124 Å². The number of hydrogen-bond acceptors (Lipinski definition) is 3. The summed E-state index contributed by atoms with van der Waals surface area (Å²) in [7, 11) is 3.73. The molecule has 5 rings (SSSR count). The Bertz CT molecular complexity index is 1470. The van der Waals surface area contributed by atoms with Crippen molar-refractivity contribution < 1.29 is 0 Å². The Labute approximate surface area is 204 Å². The summed E-state index contributed by atoms with van der Waals surface area (Å²) >= 11 is 6.00. The van der Waals surface area contributed by atoms with E-state index < -0.39 is 0 Å². The van der Waals surface area contributed by atoms with Gasteiger partial charge in [0.25, 0.3) is 5.56 Å². The number of hydrogen-bond donors (Lipinski definition) is 1. The van der Waals surface area contributed by atoms with E-state index >= 15 is 0 Å². The Balaban J connectivity index is 0.000000398. The average molecular weight is 471 g/mol. The maximum absolute atomic E-state index is 12.5. The van der Waals surface area contributed by atoms with Crippen molar-refractivity contribution in [1.82, 2.24) is 14.1 Å². The largest absolute Gasteiger partial charge is 0.341 e. The van der Waals surface area contributed by atoms with Gasteiger partial charge in [-0.05, 0) is 53.4 Å². The topological polar surface area (TPSA) is 65.8 Å². The third-order valence-electron chi connectivity index (χ3n) is 5.82. The van der Waals surface area contributed by atoms with E-state index in [9.17, 15) is 4.79 Å². The minimum absolute atomic E-state index is 0.0289. The number of aryl methyl sites for hydroxylation is 3. The second kappa shape index (κ2) is 10.1. The second-order valence-corrected chi connectivity index (χ2v) is 8.80. The van der Waals surface area contributed by atoms with Gasteiger partial charge in [0.2, 0.25) is 0 Å². The average Bonchev–Trinajstić information content (AvgIpc) is 3.32. The van der Waals surface area contributed by atoms with Crippen molar-refractivity contribution >= 4 is 22.5 Å². The molecule has 34 heavy (non-hydrogen) atoms. The van der Waals surface area contributed by atoms with E-state index in [-0.39, 0.29) is 11.6 Å². The molecule has 5 nitrogen and oxygen atoms in total. The van der Waals surface area contributed by atoms with Crippen molar-refractivity contribution in [3.8, 4) is 11.1 Å². The lowest BCUT2D eigenvalue weighted by molar-refractivity contribution is 0.869. The number of pyridine rings is 1. The number of halogens is 1. The highest BCUT2D eigenvalue weighted by Crippen LogP contribution is 2.31. The minimum Gasteiger partial charge on any atom is -0.341 e. The minimum atomic E-state index is -0.274. The van der Waals surface area contributed by atoms with Crippen LogP contribution in [0.1, 0.15) is 22.7 Å². The van der Waals surface area contributed by atoms with E-state index in [1.165, 1.54) is 0 Å². The Morgan fingerprint density at radius 1 is 0.941 bits per heavy atom. The first-order valence-corrected chi connectivity index (χ1v) is 11.3. The van der Waals surface area contributed by atoms with Gasteiger partial charge in [0.05, 0.1) is 17.9 Å². The molecule has 2 N–H and O–H groups in total. The van der Waals surface area contributed by atoms with Gasteiger partial charge in [-0.3, -0.25) is 4.79 Å². The smallest absolute Gasteiger partial charge is 0.251 e. The van der Waals surface area contributed by atoms with Gasteiger partial charge in [-0.1, -0.05) is 59.6 Å². The highest BCUT2D eigenvalue weighted by Gasteiger charge is 2.14. The zero-order chi connectivity index (χ0) is 24.2. The third kappa shape index (κ3) is 5.11. The molecule has 0 bridgehead atoms. The molecule has 2 heterocycles. The van der Waals surface area contributed by atoms with Crippen molar-refractivity contribution in [3.63, 3.8) is 0 Å². The van der Waals surface area contributed by atoms with Crippen LogP contribution in [0.15, 0.2) is 96.3 Å². The molecule has 2 aromatic heterocycles. The first-order valence-electron chi connectivity index (χ1n) is 11.0. The van der Waals surface area contributed by atoms with Crippen LogP contribution < -0.4 is 11.3 Å². The van der Waals surface area contributed by atoms with E-state index in [2.05, 4.69) is 30.1 Å². The maximum Gasteiger partial charge on any atom is 0.251 e. The van der Waals surface area contributed by atoms with Crippen LogP contribution in [0.4, 0.5) is 0 Å². The molecule has 172 valence electrons. The highest BCUT2D eigenvalue weighted by molar-refractivity contribution is 6.30. The van der Waals surface area contributed by atoms with Crippen molar-refractivity contribution in [2.45, 2.75) is 13.0 Å². The van der Waals surface area contributed by atoms with Gasteiger partial charge in [0.15, 0.2) is 0 Å². The van der Waals surface area contributed by atoms with Crippen LogP contribution in [0.3, 0.4) is 0 Å². The lowest BCUT2D eigenvalue weighted by Crippen LogP contribution is -2.17. The zero-order valence-corrected chi connectivity index (χ0v) is 20.2. The van der Waals surface area contributed by atoms with Crippen LogP contribution in [-0.4, -0.2) is 14.1 Å². The van der Waals surface area contributed by atoms with E-state index in [1.807, 2.05) is 66.3 Å².